The van der Waals surface area contributed by atoms with Crippen LogP contribution in [0.25, 0.3) is 0 Å². The molecule has 0 bridgehead atoms. The lowest BCUT2D eigenvalue weighted by atomic mass is 9.76. The van der Waals surface area contributed by atoms with Gasteiger partial charge in [-0.25, -0.2) is 0 Å². The van der Waals surface area contributed by atoms with Crippen LogP contribution in [0, 0.1) is 17.8 Å². The largest absolute Gasteiger partial charge is 0.384 e. The molecule has 0 aliphatic heterocycles. The van der Waals surface area contributed by atoms with Gasteiger partial charge < -0.3 is 9.47 Å². The van der Waals surface area contributed by atoms with Gasteiger partial charge in [-0.15, -0.1) is 0 Å². The standard InChI is InChI=1S/C13H24O2/c1-14-8-12-6-13(7-12)10-15-9-11-4-2-3-5-11/h11-13H,2-10H2,1H3. The van der Waals surface area contributed by atoms with Crippen molar-refractivity contribution < 1.29 is 9.47 Å². The number of hydrogen-bond donors (Lipinski definition) is 0. The van der Waals surface area contributed by atoms with Gasteiger partial charge in [0, 0.05) is 26.9 Å². The van der Waals surface area contributed by atoms with E-state index in [0.717, 1.165) is 37.6 Å². The predicted octanol–water partition coefficient (Wildman–Crippen LogP) is 2.87. The van der Waals surface area contributed by atoms with Gasteiger partial charge >= 0.3 is 0 Å². The summed E-state index contributed by atoms with van der Waals surface area (Å²) in [6, 6.07) is 0. The van der Waals surface area contributed by atoms with Gasteiger partial charge in [0.1, 0.15) is 0 Å². The van der Waals surface area contributed by atoms with Crippen molar-refractivity contribution in [1.29, 1.82) is 0 Å². The zero-order valence-corrected chi connectivity index (χ0v) is 9.91. The number of rotatable bonds is 6. The summed E-state index contributed by atoms with van der Waals surface area (Å²) in [5.74, 6) is 2.52. The summed E-state index contributed by atoms with van der Waals surface area (Å²) in [7, 11) is 1.80. The number of ether oxygens (including phenoxy) is 2. The highest BCUT2D eigenvalue weighted by Crippen LogP contribution is 2.34. The molecule has 0 radical (unpaired) electrons. The molecule has 0 atom stereocenters. The first-order valence-electron chi connectivity index (χ1n) is 6.45. The van der Waals surface area contributed by atoms with E-state index >= 15 is 0 Å². The van der Waals surface area contributed by atoms with Crippen LogP contribution in [0.5, 0.6) is 0 Å². The summed E-state index contributed by atoms with van der Waals surface area (Å²) in [5, 5.41) is 0. The Bertz CT molecular complexity index is 169. The Kier molecular flexibility index (Phi) is 4.45. The first-order chi connectivity index (χ1) is 7.38. The molecule has 2 heteroatoms. The predicted molar refractivity (Wildman–Crippen MR) is 60.9 cm³/mol. The molecule has 0 heterocycles. The third-order valence-electron chi connectivity index (χ3n) is 3.92. The minimum absolute atomic E-state index is 0.815. The van der Waals surface area contributed by atoms with Crippen LogP contribution in [0.2, 0.25) is 0 Å². The summed E-state index contributed by atoms with van der Waals surface area (Å²) in [6.45, 7) is 2.96. The summed E-state index contributed by atoms with van der Waals surface area (Å²) in [4.78, 5) is 0. The van der Waals surface area contributed by atoms with Crippen molar-refractivity contribution in [3.05, 3.63) is 0 Å². The SMILES string of the molecule is COCC1CC(COCC2CCCC2)C1. The Labute approximate surface area is 93.3 Å². The van der Waals surface area contributed by atoms with Gasteiger partial charge in [0.25, 0.3) is 0 Å². The van der Waals surface area contributed by atoms with Gasteiger partial charge in [-0.1, -0.05) is 12.8 Å². The van der Waals surface area contributed by atoms with Crippen molar-refractivity contribution in [2.75, 3.05) is 26.9 Å². The molecule has 0 amide bonds. The van der Waals surface area contributed by atoms with Crippen molar-refractivity contribution in [2.45, 2.75) is 38.5 Å². The van der Waals surface area contributed by atoms with E-state index < -0.39 is 0 Å². The molecule has 0 aromatic heterocycles. The Morgan fingerprint density at radius 2 is 1.47 bits per heavy atom. The van der Waals surface area contributed by atoms with E-state index in [0.29, 0.717) is 0 Å². The quantitative estimate of drug-likeness (QED) is 0.674. The van der Waals surface area contributed by atoms with Crippen molar-refractivity contribution >= 4 is 0 Å². The van der Waals surface area contributed by atoms with Crippen molar-refractivity contribution in [1.82, 2.24) is 0 Å². The summed E-state index contributed by atoms with van der Waals surface area (Å²) in [6.07, 6.45) is 8.28. The number of methoxy groups -OCH3 is 1. The summed E-state index contributed by atoms with van der Waals surface area (Å²) in [5.41, 5.74) is 0. The van der Waals surface area contributed by atoms with Crippen LogP contribution >= 0.6 is 0 Å². The molecule has 2 nitrogen and oxygen atoms in total. The molecule has 0 N–H and O–H groups in total. The van der Waals surface area contributed by atoms with E-state index in [1.165, 1.54) is 38.5 Å². The third kappa shape index (κ3) is 3.46. The highest BCUT2D eigenvalue weighted by atomic mass is 16.5. The molecule has 0 unspecified atom stereocenters. The lowest BCUT2D eigenvalue weighted by molar-refractivity contribution is 0.00421. The molecule has 2 aliphatic rings. The van der Waals surface area contributed by atoms with Crippen molar-refractivity contribution in [2.24, 2.45) is 17.8 Å². The fourth-order valence-corrected chi connectivity index (χ4v) is 2.96. The molecule has 88 valence electrons. The van der Waals surface area contributed by atoms with Gasteiger partial charge in [-0.3, -0.25) is 0 Å². The minimum atomic E-state index is 0.815. The zero-order chi connectivity index (χ0) is 10.5. The molecule has 2 aliphatic carbocycles. The fourth-order valence-electron chi connectivity index (χ4n) is 2.96. The Morgan fingerprint density at radius 1 is 0.867 bits per heavy atom. The van der Waals surface area contributed by atoms with Gasteiger partial charge in [0.2, 0.25) is 0 Å². The molecule has 15 heavy (non-hydrogen) atoms. The maximum absolute atomic E-state index is 5.81. The van der Waals surface area contributed by atoms with E-state index in [9.17, 15) is 0 Å². The lowest BCUT2D eigenvalue weighted by Gasteiger charge is -2.34. The van der Waals surface area contributed by atoms with Crippen LogP contribution in [-0.4, -0.2) is 26.9 Å². The maximum Gasteiger partial charge on any atom is 0.0494 e. The van der Waals surface area contributed by atoms with Crippen LogP contribution in [0.15, 0.2) is 0 Å². The maximum atomic E-state index is 5.81. The normalized spacial score (nSPS) is 31.8. The highest BCUT2D eigenvalue weighted by Gasteiger charge is 2.29. The molecular formula is C13H24O2. The van der Waals surface area contributed by atoms with E-state index in [4.69, 9.17) is 9.47 Å². The van der Waals surface area contributed by atoms with Crippen molar-refractivity contribution in [3.63, 3.8) is 0 Å². The Morgan fingerprint density at radius 3 is 2.13 bits per heavy atom. The van der Waals surface area contributed by atoms with Crippen LogP contribution in [0.1, 0.15) is 38.5 Å². The molecule has 0 aromatic carbocycles. The van der Waals surface area contributed by atoms with E-state index in [-0.39, 0.29) is 0 Å². The van der Waals surface area contributed by atoms with Gasteiger partial charge in [0.05, 0.1) is 0 Å². The summed E-state index contributed by atoms with van der Waals surface area (Å²) < 4.78 is 10.9. The van der Waals surface area contributed by atoms with E-state index in [1.807, 2.05) is 0 Å². The number of hydrogen-bond acceptors (Lipinski definition) is 2. The smallest absolute Gasteiger partial charge is 0.0494 e. The van der Waals surface area contributed by atoms with Crippen LogP contribution < -0.4 is 0 Å². The average molecular weight is 212 g/mol. The zero-order valence-electron chi connectivity index (χ0n) is 9.91. The van der Waals surface area contributed by atoms with Gasteiger partial charge in [-0.2, -0.15) is 0 Å². The van der Waals surface area contributed by atoms with Gasteiger partial charge in [0.15, 0.2) is 0 Å². The van der Waals surface area contributed by atoms with E-state index in [1.54, 1.807) is 7.11 Å². The second-order valence-corrected chi connectivity index (χ2v) is 5.35. The molecule has 2 rings (SSSR count). The van der Waals surface area contributed by atoms with E-state index in [2.05, 4.69) is 0 Å². The molecule has 0 aromatic rings. The topological polar surface area (TPSA) is 18.5 Å². The molecular weight excluding hydrogens is 188 g/mol. The third-order valence-corrected chi connectivity index (χ3v) is 3.92. The highest BCUT2D eigenvalue weighted by molar-refractivity contribution is 4.79. The monoisotopic (exact) mass is 212 g/mol. The second-order valence-electron chi connectivity index (χ2n) is 5.35. The Hall–Kier alpha value is -0.0800. The molecule has 0 spiro atoms. The van der Waals surface area contributed by atoms with Crippen LogP contribution in [-0.2, 0) is 9.47 Å². The summed E-state index contributed by atoms with van der Waals surface area (Å²) >= 11 is 0. The average Bonchev–Trinajstić information content (AvgIpc) is 2.66. The molecule has 2 fully saturated rings. The van der Waals surface area contributed by atoms with Gasteiger partial charge in [-0.05, 0) is 43.4 Å². The van der Waals surface area contributed by atoms with Crippen molar-refractivity contribution in [3.8, 4) is 0 Å². The van der Waals surface area contributed by atoms with Crippen LogP contribution in [0.3, 0.4) is 0 Å². The fraction of sp³-hybridized carbons (Fsp3) is 1.00. The first kappa shape index (κ1) is 11.4. The van der Waals surface area contributed by atoms with Crippen LogP contribution in [0.4, 0.5) is 0 Å². The molecule has 0 saturated heterocycles. The second kappa shape index (κ2) is 5.86. The first-order valence-corrected chi connectivity index (χ1v) is 6.45. The lowest BCUT2D eigenvalue weighted by Crippen LogP contribution is -2.30. The molecule has 2 saturated carbocycles. The minimum Gasteiger partial charge on any atom is -0.384 e. The Balaban J connectivity index is 1.45.